The van der Waals surface area contributed by atoms with Crippen LogP contribution in [0, 0.1) is 29.6 Å². The van der Waals surface area contributed by atoms with E-state index in [2.05, 4.69) is 33.2 Å². The highest BCUT2D eigenvalue weighted by Crippen LogP contribution is 2.46. The van der Waals surface area contributed by atoms with Crippen molar-refractivity contribution in [1.82, 2.24) is 21.3 Å². The van der Waals surface area contributed by atoms with Crippen LogP contribution in [-0.2, 0) is 4.79 Å². The number of piperidine rings is 2. The Morgan fingerprint density at radius 2 is 1.92 bits per heavy atom. The maximum absolute atomic E-state index is 14.1. The van der Waals surface area contributed by atoms with Crippen LogP contribution in [0.15, 0.2) is 4.99 Å². The quantitative estimate of drug-likeness (QED) is 0.365. The molecule has 0 aromatic rings. The topological polar surface area (TPSA) is 77.5 Å². The SMILES string of the molecule is CC1CCNC(C(NC(=O)C2CC(CNC3=NCCC3)CC(C3CCC(F)CC3C(F)(F)F)N2)C2CC2)C1. The maximum Gasteiger partial charge on any atom is 0.392 e. The van der Waals surface area contributed by atoms with Crippen molar-refractivity contribution in [2.75, 3.05) is 19.6 Å². The minimum atomic E-state index is -4.45. The van der Waals surface area contributed by atoms with Crippen molar-refractivity contribution in [3.8, 4) is 0 Å². The number of carbonyl (C=O) groups excluding carboxylic acids is 1. The fourth-order valence-corrected chi connectivity index (χ4v) is 7.47. The lowest BCUT2D eigenvalue weighted by atomic mass is 9.70. The van der Waals surface area contributed by atoms with Gasteiger partial charge in [0.25, 0.3) is 0 Å². The van der Waals surface area contributed by atoms with Crippen LogP contribution < -0.4 is 21.3 Å². The summed E-state index contributed by atoms with van der Waals surface area (Å²) in [5.41, 5.74) is 0. The highest BCUT2D eigenvalue weighted by molar-refractivity contribution is 5.83. The number of carbonyl (C=O) groups is 1. The van der Waals surface area contributed by atoms with Gasteiger partial charge in [-0.3, -0.25) is 9.79 Å². The molecule has 4 fully saturated rings. The summed E-state index contributed by atoms with van der Waals surface area (Å²) in [7, 11) is 0. The minimum absolute atomic E-state index is 0.0458. The summed E-state index contributed by atoms with van der Waals surface area (Å²) >= 11 is 0. The Hall–Kier alpha value is -1.42. The van der Waals surface area contributed by atoms with Gasteiger partial charge in [-0.25, -0.2) is 4.39 Å². The lowest BCUT2D eigenvalue weighted by molar-refractivity contribution is -0.206. The van der Waals surface area contributed by atoms with E-state index in [1.54, 1.807) is 0 Å². The molecule has 216 valence electrons. The summed E-state index contributed by atoms with van der Waals surface area (Å²) in [6.07, 6.45) is 1.41. The van der Waals surface area contributed by atoms with Crippen molar-refractivity contribution in [2.45, 2.75) is 114 Å². The molecule has 0 spiro atoms. The van der Waals surface area contributed by atoms with Gasteiger partial charge in [-0.1, -0.05) is 6.92 Å². The summed E-state index contributed by atoms with van der Waals surface area (Å²) in [6.45, 7) is 4.60. The molecule has 10 heteroatoms. The zero-order valence-electron chi connectivity index (χ0n) is 22.5. The summed E-state index contributed by atoms with van der Waals surface area (Å²) in [6, 6.07) is -0.725. The Morgan fingerprint density at radius 1 is 1.11 bits per heavy atom. The Bertz CT molecular complexity index is 850. The summed E-state index contributed by atoms with van der Waals surface area (Å²) < 4.78 is 56.2. The molecule has 9 unspecified atom stereocenters. The van der Waals surface area contributed by atoms with Crippen molar-refractivity contribution in [2.24, 2.45) is 34.6 Å². The van der Waals surface area contributed by atoms with Crippen molar-refractivity contribution in [3.63, 3.8) is 0 Å². The standard InChI is InChI=1S/C28H45F4N5O/c1-16-8-10-33-23(11-16)26(18-4-5-18)37-27(38)24-13-17(15-35-25-3-2-9-34-25)12-22(36-24)20-7-6-19(29)14-21(20)28(30,31)32/h16-24,26,33,36H,2-15H2,1H3,(H,34,35)(H,37,38). The first-order valence-electron chi connectivity index (χ1n) is 14.9. The molecule has 3 aliphatic heterocycles. The number of amidine groups is 1. The van der Waals surface area contributed by atoms with E-state index in [-0.39, 0.29) is 36.8 Å². The average Bonchev–Trinajstić information content (AvgIpc) is 3.59. The van der Waals surface area contributed by atoms with Crippen LogP contribution in [0.25, 0.3) is 0 Å². The van der Waals surface area contributed by atoms with E-state index in [9.17, 15) is 22.4 Å². The molecule has 4 N–H and O–H groups in total. The highest BCUT2D eigenvalue weighted by Gasteiger charge is 2.52. The number of hydrogen-bond donors (Lipinski definition) is 4. The Labute approximate surface area is 223 Å². The molecule has 1 amide bonds. The first-order chi connectivity index (χ1) is 18.2. The molecular formula is C28H45F4N5O. The zero-order chi connectivity index (χ0) is 26.9. The second-order valence-electron chi connectivity index (χ2n) is 12.8. The maximum atomic E-state index is 14.1. The largest absolute Gasteiger partial charge is 0.392 e. The predicted octanol–water partition coefficient (Wildman–Crippen LogP) is 4.10. The second-order valence-corrected chi connectivity index (χ2v) is 12.8. The number of aliphatic imine (C=N–C) groups is 1. The van der Waals surface area contributed by atoms with Gasteiger partial charge in [0, 0.05) is 37.6 Å². The van der Waals surface area contributed by atoms with Crippen LogP contribution in [0.4, 0.5) is 17.6 Å². The van der Waals surface area contributed by atoms with Crippen molar-refractivity contribution < 1.29 is 22.4 Å². The molecule has 2 aliphatic carbocycles. The molecule has 3 heterocycles. The van der Waals surface area contributed by atoms with E-state index in [1.165, 1.54) is 0 Å². The van der Waals surface area contributed by atoms with E-state index in [1.807, 2.05) is 0 Å². The third kappa shape index (κ3) is 7.01. The van der Waals surface area contributed by atoms with Crippen molar-refractivity contribution in [3.05, 3.63) is 0 Å². The molecule has 0 radical (unpaired) electrons. The molecule has 0 aromatic heterocycles. The smallest absolute Gasteiger partial charge is 0.374 e. The van der Waals surface area contributed by atoms with Gasteiger partial charge in [0.15, 0.2) is 0 Å². The minimum Gasteiger partial charge on any atom is -0.374 e. The van der Waals surface area contributed by atoms with E-state index in [0.717, 1.165) is 57.5 Å². The molecule has 0 aromatic carbocycles. The number of nitrogens with zero attached hydrogens (tertiary/aromatic N) is 1. The fraction of sp³-hybridized carbons (Fsp3) is 0.929. The van der Waals surface area contributed by atoms with Gasteiger partial charge in [-0.15, -0.1) is 0 Å². The molecule has 2 saturated carbocycles. The van der Waals surface area contributed by atoms with Gasteiger partial charge >= 0.3 is 6.18 Å². The Kier molecular flexibility index (Phi) is 8.87. The Morgan fingerprint density at radius 3 is 2.61 bits per heavy atom. The van der Waals surface area contributed by atoms with Crippen LogP contribution in [0.3, 0.4) is 0 Å². The molecule has 5 rings (SSSR count). The lowest BCUT2D eigenvalue weighted by Crippen LogP contribution is -2.62. The van der Waals surface area contributed by atoms with Gasteiger partial charge in [0.2, 0.25) is 5.91 Å². The number of amides is 1. The lowest BCUT2D eigenvalue weighted by Gasteiger charge is -2.45. The molecule has 5 aliphatic rings. The monoisotopic (exact) mass is 543 g/mol. The number of halogens is 4. The van der Waals surface area contributed by atoms with Gasteiger partial charge in [-0.05, 0) is 94.4 Å². The van der Waals surface area contributed by atoms with Crippen LogP contribution >= 0.6 is 0 Å². The molecule has 9 atom stereocenters. The van der Waals surface area contributed by atoms with Gasteiger partial charge < -0.3 is 21.3 Å². The normalized spacial score (nSPS) is 39.3. The first-order valence-corrected chi connectivity index (χ1v) is 14.9. The number of hydrogen-bond acceptors (Lipinski definition) is 5. The van der Waals surface area contributed by atoms with Gasteiger partial charge in [0.1, 0.15) is 6.17 Å². The molecule has 0 bridgehead atoms. The number of rotatable bonds is 7. The van der Waals surface area contributed by atoms with Crippen LogP contribution in [-0.4, -0.2) is 67.9 Å². The van der Waals surface area contributed by atoms with Crippen LogP contribution in [0.5, 0.6) is 0 Å². The van der Waals surface area contributed by atoms with E-state index >= 15 is 0 Å². The summed E-state index contributed by atoms with van der Waals surface area (Å²) in [5.74, 6) is -0.418. The second kappa shape index (κ2) is 12.0. The third-order valence-corrected chi connectivity index (χ3v) is 9.71. The fourth-order valence-electron chi connectivity index (χ4n) is 7.47. The summed E-state index contributed by atoms with van der Waals surface area (Å²) in [5, 5.41) is 13.7. The Balaban J connectivity index is 1.30. The van der Waals surface area contributed by atoms with Gasteiger partial charge in [0.05, 0.1) is 17.8 Å². The first kappa shape index (κ1) is 28.1. The van der Waals surface area contributed by atoms with Crippen LogP contribution in [0.2, 0.25) is 0 Å². The predicted molar refractivity (Wildman–Crippen MR) is 140 cm³/mol. The molecule has 38 heavy (non-hydrogen) atoms. The molecular weight excluding hydrogens is 498 g/mol. The molecule has 6 nitrogen and oxygen atoms in total. The van der Waals surface area contributed by atoms with Gasteiger partial charge in [-0.2, -0.15) is 13.2 Å². The molecule has 2 saturated heterocycles. The van der Waals surface area contributed by atoms with E-state index in [4.69, 9.17) is 0 Å². The average molecular weight is 544 g/mol. The van der Waals surface area contributed by atoms with Crippen molar-refractivity contribution in [1.29, 1.82) is 0 Å². The number of nitrogens with one attached hydrogen (secondary N) is 4. The van der Waals surface area contributed by atoms with Crippen LogP contribution in [0.1, 0.15) is 77.6 Å². The van der Waals surface area contributed by atoms with E-state index in [0.29, 0.717) is 31.2 Å². The van der Waals surface area contributed by atoms with E-state index < -0.39 is 42.7 Å². The number of alkyl halides is 4. The van der Waals surface area contributed by atoms with Crippen molar-refractivity contribution >= 4 is 11.7 Å². The third-order valence-electron chi connectivity index (χ3n) is 9.71. The summed E-state index contributed by atoms with van der Waals surface area (Å²) in [4.78, 5) is 18.2. The zero-order valence-corrected chi connectivity index (χ0v) is 22.5. The highest BCUT2D eigenvalue weighted by atomic mass is 19.4.